The Morgan fingerprint density at radius 3 is 2.68 bits per heavy atom. The van der Waals surface area contributed by atoms with Crippen LogP contribution in [0.5, 0.6) is 0 Å². The quantitative estimate of drug-likeness (QED) is 0.858. The van der Waals surface area contributed by atoms with Crippen molar-refractivity contribution in [3.8, 4) is 0 Å². The number of aromatic nitrogens is 2. The average molecular weight is 262 g/mol. The van der Waals surface area contributed by atoms with Crippen LogP contribution in [0.4, 0.5) is 10.5 Å². The molecule has 1 atom stereocenters. The lowest BCUT2D eigenvalue weighted by Gasteiger charge is -2.16. The summed E-state index contributed by atoms with van der Waals surface area (Å²) in [5, 5.41) is 11.9. The molecule has 0 aromatic carbocycles. The molecule has 1 saturated heterocycles. The number of rotatable bonds is 3. The van der Waals surface area contributed by atoms with E-state index in [1.54, 1.807) is 17.3 Å². The maximum Gasteiger partial charge on any atom is 0.321 e. The Kier molecular flexibility index (Phi) is 3.33. The Balaban J connectivity index is 1.56. The van der Waals surface area contributed by atoms with E-state index in [1.165, 1.54) is 12.8 Å². The van der Waals surface area contributed by atoms with Gasteiger partial charge in [0.15, 0.2) is 0 Å². The first-order valence-electron chi connectivity index (χ1n) is 6.75. The highest BCUT2D eigenvalue weighted by atomic mass is 16.3. The van der Waals surface area contributed by atoms with Crippen molar-refractivity contribution in [2.45, 2.75) is 25.2 Å². The molecule has 1 saturated carbocycles. The van der Waals surface area contributed by atoms with Crippen LogP contribution in [0.1, 0.15) is 31.0 Å². The van der Waals surface area contributed by atoms with Gasteiger partial charge in [-0.3, -0.25) is 0 Å². The summed E-state index contributed by atoms with van der Waals surface area (Å²) in [6.07, 6.45) is 6.53. The van der Waals surface area contributed by atoms with Gasteiger partial charge in [0.1, 0.15) is 5.82 Å². The molecule has 19 heavy (non-hydrogen) atoms. The molecule has 2 amide bonds. The van der Waals surface area contributed by atoms with Crippen LogP contribution in [0.15, 0.2) is 12.4 Å². The standard InChI is InChI=1S/C13H18N4O2/c18-8-9-3-4-17(7-9)13(19)16-11-5-14-12(15-6-11)10-1-2-10/h5-6,9-10,18H,1-4,7-8H2,(H,16,19). The van der Waals surface area contributed by atoms with Crippen molar-refractivity contribution in [1.82, 2.24) is 14.9 Å². The molecule has 2 aliphatic rings. The first-order valence-corrected chi connectivity index (χ1v) is 6.75. The molecule has 1 aliphatic heterocycles. The topological polar surface area (TPSA) is 78.4 Å². The number of carbonyl (C=O) groups is 1. The van der Waals surface area contributed by atoms with Crippen LogP contribution in [0, 0.1) is 5.92 Å². The lowest BCUT2D eigenvalue weighted by molar-refractivity contribution is 0.208. The van der Waals surface area contributed by atoms with Crippen molar-refractivity contribution in [3.05, 3.63) is 18.2 Å². The van der Waals surface area contributed by atoms with Gasteiger partial charge in [-0.25, -0.2) is 14.8 Å². The minimum atomic E-state index is -0.140. The number of carbonyl (C=O) groups excluding carboxylic acids is 1. The smallest absolute Gasteiger partial charge is 0.321 e. The predicted molar refractivity (Wildman–Crippen MR) is 69.8 cm³/mol. The number of nitrogens with zero attached hydrogens (tertiary/aromatic N) is 3. The molecule has 102 valence electrons. The molecule has 2 fully saturated rings. The normalized spacial score (nSPS) is 22.6. The van der Waals surface area contributed by atoms with Gasteiger partial charge in [-0.2, -0.15) is 0 Å². The minimum absolute atomic E-state index is 0.140. The van der Waals surface area contributed by atoms with Crippen LogP contribution in [-0.4, -0.2) is 45.7 Å². The van der Waals surface area contributed by atoms with Crippen molar-refractivity contribution in [3.63, 3.8) is 0 Å². The Hall–Kier alpha value is -1.69. The summed E-state index contributed by atoms with van der Waals surface area (Å²) in [6.45, 7) is 1.45. The van der Waals surface area contributed by atoms with Crippen LogP contribution >= 0.6 is 0 Å². The highest BCUT2D eigenvalue weighted by Crippen LogP contribution is 2.37. The minimum Gasteiger partial charge on any atom is -0.396 e. The van der Waals surface area contributed by atoms with Gasteiger partial charge in [-0.15, -0.1) is 0 Å². The molecule has 6 nitrogen and oxygen atoms in total. The van der Waals surface area contributed by atoms with Crippen LogP contribution in [-0.2, 0) is 0 Å². The number of hydrogen-bond donors (Lipinski definition) is 2. The molecule has 2 N–H and O–H groups in total. The predicted octanol–water partition coefficient (Wildman–Crippen LogP) is 1.20. The number of nitrogens with one attached hydrogen (secondary N) is 1. The molecule has 3 rings (SSSR count). The Morgan fingerprint density at radius 2 is 2.11 bits per heavy atom. The van der Waals surface area contributed by atoms with Gasteiger partial charge < -0.3 is 15.3 Å². The molecule has 2 heterocycles. The van der Waals surface area contributed by atoms with E-state index in [4.69, 9.17) is 5.11 Å². The van der Waals surface area contributed by atoms with Crippen molar-refractivity contribution in [2.75, 3.05) is 25.0 Å². The number of hydrogen-bond acceptors (Lipinski definition) is 4. The number of urea groups is 1. The molecule has 0 radical (unpaired) electrons. The Bertz CT molecular complexity index is 458. The maximum atomic E-state index is 12.0. The first kappa shape index (κ1) is 12.3. The number of aliphatic hydroxyl groups is 1. The zero-order valence-electron chi connectivity index (χ0n) is 10.7. The lowest BCUT2D eigenvalue weighted by atomic mass is 10.1. The fourth-order valence-electron chi connectivity index (χ4n) is 2.32. The van der Waals surface area contributed by atoms with E-state index in [2.05, 4.69) is 15.3 Å². The van der Waals surface area contributed by atoms with Gasteiger partial charge in [0.05, 0.1) is 18.1 Å². The monoisotopic (exact) mass is 262 g/mol. The van der Waals surface area contributed by atoms with E-state index in [9.17, 15) is 4.79 Å². The zero-order chi connectivity index (χ0) is 13.2. The van der Waals surface area contributed by atoms with E-state index in [0.29, 0.717) is 24.7 Å². The van der Waals surface area contributed by atoms with Gasteiger partial charge in [0.25, 0.3) is 0 Å². The molecular weight excluding hydrogens is 244 g/mol. The molecule has 1 aromatic heterocycles. The molecule has 1 aliphatic carbocycles. The van der Waals surface area contributed by atoms with Crippen molar-refractivity contribution < 1.29 is 9.90 Å². The van der Waals surface area contributed by atoms with Gasteiger partial charge >= 0.3 is 6.03 Å². The SMILES string of the molecule is O=C(Nc1cnc(C2CC2)nc1)N1CCC(CO)C1. The second-order valence-electron chi connectivity index (χ2n) is 5.32. The molecule has 1 aromatic rings. The highest BCUT2D eigenvalue weighted by molar-refractivity contribution is 5.89. The van der Waals surface area contributed by atoms with E-state index in [-0.39, 0.29) is 18.6 Å². The summed E-state index contributed by atoms with van der Waals surface area (Å²) in [5.41, 5.74) is 0.627. The van der Waals surface area contributed by atoms with E-state index in [1.807, 2.05) is 0 Å². The van der Waals surface area contributed by atoms with Crippen LogP contribution < -0.4 is 5.32 Å². The second-order valence-corrected chi connectivity index (χ2v) is 5.32. The fourth-order valence-corrected chi connectivity index (χ4v) is 2.32. The molecule has 0 spiro atoms. The number of anilines is 1. The first-order chi connectivity index (χ1) is 9.26. The van der Waals surface area contributed by atoms with E-state index in [0.717, 1.165) is 12.2 Å². The summed E-state index contributed by atoms with van der Waals surface area (Å²) < 4.78 is 0. The second kappa shape index (κ2) is 5.13. The lowest BCUT2D eigenvalue weighted by Crippen LogP contribution is -2.33. The molecule has 0 bridgehead atoms. The third-order valence-electron chi connectivity index (χ3n) is 3.70. The molecular formula is C13H18N4O2. The van der Waals surface area contributed by atoms with E-state index < -0.39 is 0 Å². The number of likely N-dealkylation sites (tertiary alicyclic amines) is 1. The van der Waals surface area contributed by atoms with E-state index >= 15 is 0 Å². The van der Waals surface area contributed by atoms with Gasteiger partial charge in [-0.05, 0) is 19.3 Å². The summed E-state index contributed by atoms with van der Waals surface area (Å²) >= 11 is 0. The summed E-state index contributed by atoms with van der Waals surface area (Å²) in [7, 11) is 0. The summed E-state index contributed by atoms with van der Waals surface area (Å²) in [4.78, 5) is 22.2. The van der Waals surface area contributed by atoms with Gasteiger partial charge in [0, 0.05) is 31.5 Å². The zero-order valence-corrected chi connectivity index (χ0v) is 10.7. The average Bonchev–Trinajstić information content (AvgIpc) is 3.17. The Morgan fingerprint density at radius 1 is 1.37 bits per heavy atom. The van der Waals surface area contributed by atoms with Crippen molar-refractivity contribution in [1.29, 1.82) is 0 Å². The van der Waals surface area contributed by atoms with Gasteiger partial charge in [-0.1, -0.05) is 0 Å². The third kappa shape index (κ3) is 2.84. The van der Waals surface area contributed by atoms with Crippen LogP contribution in [0.25, 0.3) is 0 Å². The Labute approximate surface area is 111 Å². The summed E-state index contributed by atoms with van der Waals surface area (Å²) in [5.74, 6) is 1.60. The third-order valence-corrected chi connectivity index (χ3v) is 3.70. The van der Waals surface area contributed by atoms with Crippen LogP contribution in [0.2, 0.25) is 0 Å². The number of aliphatic hydroxyl groups excluding tert-OH is 1. The largest absolute Gasteiger partial charge is 0.396 e. The van der Waals surface area contributed by atoms with Gasteiger partial charge in [0.2, 0.25) is 0 Å². The van der Waals surface area contributed by atoms with Crippen molar-refractivity contribution in [2.24, 2.45) is 5.92 Å². The number of amides is 2. The fraction of sp³-hybridized carbons (Fsp3) is 0.615. The van der Waals surface area contributed by atoms with Crippen LogP contribution in [0.3, 0.4) is 0 Å². The molecule has 6 heteroatoms. The summed E-state index contributed by atoms with van der Waals surface area (Å²) in [6, 6.07) is -0.140. The van der Waals surface area contributed by atoms with Crippen molar-refractivity contribution >= 4 is 11.7 Å². The highest BCUT2D eigenvalue weighted by Gasteiger charge is 2.27. The molecule has 1 unspecified atom stereocenters. The maximum absolute atomic E-state index is 12.0.